The molecular formula is C18H25FO4. The van der Waals surface area contributed by atoms with E-state index in [2.05, 4.69) is 0 Å². The Morgan fingerprint density at radius 3 is 2.48 bits per heavy atom. The molecule has 5 heteroatoms. The van der Waals surface area contributed by atoms with Crippen molar-refractivity contribution in [2.45, 2.75) is 57.0 Å². The molecular weight excluding hydrogens is 299 g/mol. The van der Waals surface area contributed by atoms with Crippen LogP contribution in [0.5, 0.6) is 5.75 Å². The van der Waals surface area contributed by atoms with E-state index < -0.39 is 22.8 Å². The number of rotatable bonds is 6. The summed E-state index contributed by atoms with van der Waals surface area (Å²) in [6.45, 7) is 3.63. The Morgan fingerprint density at radius 1 is 1.35 bits per heavy atom. The van der Waals surface area contributed by atoms with Gasteiger partial charge in [0.05, 0.1) is 7.11 Å². The molecule has 1 atom stereocenters. The van der Waals surface area contributed by atoms with Crippen LogP contribution >= 0.6 is 0 Å². The zero-order chi connectivity index (χ0) is 17.3. The second kappa shape index (κ2) is 6.48. The van der Waals surface area contributed by atoms with Crippen LogP contribution in [0.4, 0.5) is 4.39 Å². The first-order valence-corrected chi connectivity index (χ1v) is 8.00. The van der Waals surface area contributed by atoms with Crippen molar-refractivity contribution in [1.29, 1.82) is 0 Å². The average molecular weight is 324 g/mol. The number of carboxylic acids is 1. The molecule has 0 heterocycles. The van der Waals surface area contributed by atoms with Gasteiger partial charge >= 0.3 is 5.97 Å². The fourth-order valence-corrected chi connectivity index (χ4v) is 3.78. The van der Waals surface area contributed by atoms with Crippen molar-refractivity contribution in [2.75, 3.05) is 7.11 Å². The highest BCUT2D eigenvalue weighted by atomic mass is 19.1. The van der Waals surface area contributed by atoms with Crippen molar-refractivity contribution < 1.29 is 24.1 Å². The van der Waals surface area contributed by atoms with Crippen LogP contribution in [0.2, 0.25) is 0 Å². The Labute approximate surface area is 136 Å². The molecule has 1 aliphatic carbocycles. The molecule has 2 N–H and O–H groups in total. The highest BCUT2D eigenvalue weighted by Gasteiger charge is 2.49. The Morgan fingerprint density at radius 2 is 1.96 bits per heavy atom. The molecule has 1 aliphatic rings. The van der Waals surface area contributed by atoms with Gasteiger partial charge in [0.25, 0.3) is 0 Å². The van der Waals surface area contributed by atoms with Crippen molar-refractivity contribution in [3.63, 3.8) is 0 Å². The largest absolute Gasteiger partial charge is 0.496 e. The molecule has 1 saturated carbocycles. The van der Waals surface area contributed by atoms with Crippen molar-refractivity contribution in [3.05, 3.63) is 29.6 Å². The predicted molar refractivity (Wildman–Crippen MR) is 85.1 cm³/mol. The first-order valence-electron chi connectivity index (χ1n) is 8.00. The number of halogens is 1. The first-order chi connectivity index (χ1) is 10.7. The molecule has 1 unspecified atom stereocenters. The maximum Gasteiger partial charge on any atom is 0.335 e. The van der Waals surface area contributed by atoms with Crippen LogP contribution in [0.15, 0.2) is 18.2 Å². The highest BCUT2D eigenvalue weighted by molar-refractivity contribution is 5.78. The van der Waals surface area contributed by atoms with E-state index in [9.17, 15) is 19.4 Å². The van der Waals surface area contributed by atoms with Gasteiger partial charge in [0.15, 0.2) is 5.60 Å². The third-order valence-electron chi connectivity index (χ3n) is 5.00. The molecule has 4 nitrogen and oxygen atoms in total. The Bertz CT molecular complexity index is 578. The number of aliphatic hydroxyl groups is 1. The second-order valence-electron chi connectivity index (χ2n) is 7.12. The molecule has 0 radical (unpaired) electrons. The van der Waals surface area contributed by atoms with E-state index in [1.54, 1.807) is 0 Å². The van der Waals surface area contributed by atoms with Gasteiger partial charge in [0.1, 0.15) is 11.6 Å². The van der Waals surface area contributed by atoms with Crippen molar-refractivity contribution in [2.24, 2.45) is 5.92 Å². The highest BCUT2D eigenvalue weighted by Crippen LogP contribution is 2.44. The molecule has 128 valence electrons. The normalized spacial score (nSPS) is 18.7. The standard InChI is InChI=1S/C18H25FO4/c1-17(2,14-10-13(19)8-9-15(14)23-3)11-18(22,16(20)21)12-6-4-5-7-12/h8-10,12,22H,4-7,11H2,1-3H3,(H,20,21). The van der Waals surface area contributed by atoms with E-state index in [4.69, 9.17) is 4.74 Å². The van der Waals surface area contributed by atoms with Crippen LogP contribution in [0.1, 0.15) is 51.5 Å². The fraction of sp³-hybridized carbons (Fsp3) is 0.611. The van der Waals surface area contributed by atoms with Gasteiger partial charge in [0, 0.05) is 5.56 Å². The molecule has 2 rings (SSSR count). The van der Waals surface area contributed by atoms with E-state index in [1.165, 1.54) is 25.3 Å². The maximum atomic E-state index is 13.7. The lowest BCUT2D eigenvalue weighted by Gasteiger charge is -2.38. The SMILES string of the molecule is COc1ccc(F)cc1C(C)(C)CC(O)(C(=O)O)C1CCCC1. The third kappa shape index (κ3) is 3.50. The zero-order valence-electron chi connectivity index (χ0n) is 13.9. The van der Waals surface area contributed by atoms with E-state index >= 15 is 0 Å². The Kier molecular flexibility index (Phi) is 4.99. The van der Waals surface area contributed by atoms with Crippen LogP contribution in [0, 0.1) is 11.7 Å². The molecule has 0 aliphatic heterocycles. The summed E-state index contributed by atoms with van der Waals surface area (Å²) < 4.78 is 19.0. The average Bonchev–Trinajstić information content (AvgIpc) is 3.01. The van der Waals surface area contributed by atoms with Gasteiger partial charge in [-0.25, -0.2) is 9.18 Å². The van der Waals surface area contributed by atoms with Crippen LogP contribution in [0.3, 0.4) is 0 Å². The smallest absolute Gasteiger partial charge is 0.335 e. The monoisotopic (exact) mass is 324 g/mol. The zero-order valence-corrected chi connectivity index (χ0v) is 13.9. The Balaban J connectivity index is 2.38. The van der Waals surface area contributed by atoms with Gasteiger partial charge in [-0.3, -0.25) is 0 Å². The van der Waals surface area contributed by atoms with Crippen LogP contribution in [-0.2, 0) is 10.2 Å². The van der Waals surface area contributed by atoms with E-state index in [1.807, 2.05) is 13.8 Å². The predicted octanol–water partition coefficient (Wildman–Crippen LogP) is 3.51. The van der Waals surface area contributed by atoms with Gasteiger partial charge in [-0.2, -0.15) is 0 Å². The third-order valence-corrected chi connectivity index (χ3v) is 5.00. The number of ether oxygens (including phenoxy) is 1. The van der Waals surface area contributed by atoms with Crippen molar-refractivity contribution in [3.8, 4) is 5.75 Å². The maximum absolute atomic E-state index is 13.7. The summed E-state index contributed by atoms with van der Waals surface area (Å²) in [5, 5.41) is 20.5. The fourth-order valence-electron chi connectivity index (χ4n) is 3.78. The van der Waals surface area contributed by atoms with E-state index in [-0.39, 0.29) is 12.3 Å². The van der Waals surface area contributed by atoms with Crippen LogP contribution < -0.4 is 4.74 Å². The summed E-state index contributed by atoms with van der Waals surface area (Å²) in [5.41, 5.74) is -1.99. The summed E-state index contributed by atoms with van der Waals surface area (Å²) in [6.07, 6.45) is 3.30. The van der Waals surface area contributed by atoms with Crippen LogP contribution in [0.25, 0.3) is 0 Å². The van der Waals surface area contributed by atoms with Gasteiger partial charge in [-0.15, -0.1) is 0 Å². The quantitative estimate of drug-likeness (QED) is 0.840. The number of benzene rings is 1. The minimum Gasteiger partial charge on any atom is -0.496 e. The number of carbonyl (C=O) groups is 1. The summed E-state index contributed by atoms with van der Waals surface area (Å²) in [7, 11) is 1.49. The molecule has 0 saturated heterocycles. The second-order valence-corrected chi connectivity index (χ2v) is 7.12. The number of methoxy groups -OCH3 is 1. The number of hydrogen-bond donors (Lipinski definition) is 2. The Hall–Kier alpha value is -1.62. The van der Waals surface area contributed by atoms with Gasteiger partial charge in [-0.05, 0) is 48.8 Å². The molecule has 0 aromatic heterocycles. The summed E-state index contributed by atoms with van der Waals surface area (Å²) in [4.78, 5) is 11.8. The van der Waals surface area contributed by atoms with E-state index in [0.717, 1.165) is 12.8 Å². The van der Waals surface area contributed by atoms with E-state index in [0.29, 0.717) is 24.2 Å². The summed E-state index contributed by atoms with van der Waals surface area (Å²) in [6, 6.07) is 4.19. The molecule has 0 amide bonds. The summed E-state index contributed by atoms with van der Waals surface area (Å²) >= 11 is 0. The van der Waals surface area contributed by atoms with Crippen molar-refractivity contribution in [1.82, 2.24) is 0 Å². The lowest BCUT2D eigenvalue weighted by Crippen LogP contribution is -2.49. The van der Waals surface area contributed by atoms with Crippen molar-refractivity contribution >= 4 is 5.97 Å². The number of hydrogen-bond acceptors (Lipinski definition) is 3. The van der Waals surface area contributed by atoms with Gasteiger partial charge in [0.2, 0.25) is 0 Å². The molecule has 1 fully saturated rings. The number of carboxylic acid groups (broad SMARTS) is 1. The first kappa shape index (κ1) is 17.7. The van der Waals surface area contributed by atoms with Gasteiger partial charge < -0.3 is 14.9 Å². The van der Waals surface area contributed by atoms with Crippen LogP contribution in [-0.4, -0.2) is 28.9 Å². The molecule has 23 heavy (non-hydrogen) atoms. The molecule has 0 bridgehead atoms. The minimum atomic E-state index is -1.81. The summed E-state index contributed by atoms with van der Waals surface area (Å²) in [5.74, 6) is -1.38. The lowest BCUT2D eigenvalue weighted by atomic mass is 9.70. The lowest BCUT2D eigenvalue weighted by molar-refractivity contribution is -0.167. The minimum absolute atomic E-state index is 0.0137. The van der Waals surface area contributed by atoms with Gasteiger partial charge in [-0.1, -0.05) is 26.7 Å². The molecule has 1 aromatic carbocycles. The number of aliphatic carboxylic acids is 1. The molecule has 1 aromatic rings. The molecule has 0 spiro atoms. The topological polar surface area (TPSA) is 66.8 Å².